The number of halogens is 1. The summed E-state index contributed by atoms with van der Waals surface area (Å²) in [5, 5.41) is 6.60. The number of benzene rings is 1. The summed E-state index contributed by atoms with van der Waals surface area (Å²) in [6.45, 7) is 7.18. The van der Waals surface area contributed by atoms with Gasteiger partial charge in [-0.25, -0.2) is 0 Å². The molecule has 0 aliphatic carbocycles. The van der Waals surface area contributed by atoms with Gasteiger partial charge >= 0.3 is 0 Å². The molecule has 0 bridgehead atoms. The highest BCUT2D eigenvalue weighted by Crippen LogP contribution is 2.11. The lowest BCUT2D eigenvalue weighted by Crippen LogP contribution is -2.38. The molecule has 0 radical (unpaired) electrons. The molecule has 5 nitrogen and oxygen atoms in total. The summed E-state index contributed by atoms with van der Waals surface area (Å²) in [7, 11) is 0. The van der Waals surface area contributed by atoms with Crippen molar-refractivity contribution >= 4 is 29.9 Å². The molecule has 142 valence electrons. The van der Waals surface area contributed by atoms with Gasteiger partial charge in [-0.15, -0.1) is 24.0 Å². The second kappa shape index (κ2) is 13.4. The van der Waals surface area contributed by atoms with Gasteiger partial charge < -0.3 is 15.4 Å². The van der Waals surface area contributed by atoms with Gasteiger partial charge in [0, 0.05) is 44.4 Å². The number of aliphatic imine (C=N–C) groups is 1. The minimum Gasteiger partial charge on any atom is -0.494 e. The zero-order valence-electron chi connectivity index (χ0n) is 15.6. The first kappa shape index (κ1) is 22.2. The molecule has 0 aliphatic rings. The molecule has 0 atom stereocenters. The molecule has 26 heavy (non-hydrogen) atoms. The van der Waals surface area contributed by atoms with Crippen molar-refractivity contribution in [2.24, 2.45) is 4.99 Å². The molecular formula is C20H29IN4O. The normalized spacial score (nSPS) is 10.8. The molecule has 0 amide bonds. The minimum absolute atomic E-state index is 0. The molecule has 1 heterocycles. The quantitative estimate of drug-likeness (QED) is 0.256. The number of nitrogens with zero attached hydrogens (tertiary/aromatic N) is 2. The van der Waals surface area contributed by atoms with Crippen LogP contribution in [-0.4, -0.2) is 37.2 Å². The van der Waals surface area contributed by atoms with E-state index in [1.54, 1.807) is 0 Å². The third-order valence-corrected chi connectivity index (χ3v) is 3.61. The van der Waals surface area contributed by atoms with Gasteiger partial charge in [-0.2, -0.15) is 0 Å². The average Bonchev–Trinajstić information content (AvgIpc) is 2.64. The summed E-state index contributed by atoms with van der Waals surface area (Å²) < 4.78 is 5.72. The monoisotopic (exact) mass is 468 g/mol. The van der Waals surface area contributed by atoms with E-state index >= 15 is 0 Å². The van der Waals surface area contributed by atoms with Crippen LogP contribution in [0.1, 0.15) is 24.6 Å². The highest BCUT2D eigenvalue weighted by Gasteiger charge is 1.98. The zero-order chi connectivity index (χ0) is 17.7. The lowest BCUT2D eigenvalue weighted by molar-refractivity contribution is 0.313. The highest BCUT2D eigenvalue weighted by molar-refractivity contribution is 14.0. The van der Waals surface area contributed by atoms with Crippen LogP contribution in [0, 0.1) is 6.92 Å². The first-order valence-electron chi connectivity index (χ1n) is 8.89. The summed E-state index contributed by atoms with van der Waals surface area (Å²) in [6.07, 6.45) is 3.58. The molecule has 0 saturated heterocycles. The van der Waals surface area contributed by atoms with Crippen molar-refractivity contribution in [2.45, 2.75) is 26.7 Å². The van der Waals surface area contributed by atoms with E-state index in [1.807, 2.05) is 36.5 Å². The predicted molar refractivity (Wildman–Crippen MR) is 119 cm³/mol. The van der Waals surface area contributed by atoms with Crippen LogP contribution >= 0.6 is 24.0 Å². The van der Waals surface area contributed by atoms with E-state index in [0.29, 0.717) is 6.61 Å². The van der Waals surface area contributed by atoms with Crippen molar-refractivity contribution in [3.8, 4) is 5.75 Å². The molecule has 1 aromatic heterocycles. The molecule has 0 unspecified atom stereocenters. The number of nitrogens with one attached hydrogen (secondary N) is 2. The van der Waals surface area contributed by atoms with Crippen molar-refractivity contribution in [1.29, 1.82) is 0 Å². The maximum Gasteiger partial charge on any atom is 0.191 e. The highest BCUT2D eigenvalue weighted by atomic mass is 127. The summed E-state index contributed by atoms with van der Waals surface area (Å²) in [6, 6.07) is 14.1. The molecule has 0 spiro atoms. The fourth-order valence-electron chi connectivity index (χ4n) is 2.28. The number of pyridine rings is 1. The second-order valence-corrected chi connectivity index (χ2v) is 5.77. The Bertz CT molecular complexity index is 632. The number of hydrogen-bond acceptors (Lipinski definition) is 3. The van der Waals surface area contributed by atoms with Crippen LogP contribution in [0.15, 0.2) is 53.7 Å². The number of aryl methyl sites for hydroxylation is 1. The maximum atomic E-state index is 5.72. The third-order valence-electron chi connectivity index (χ3n) is 3.61. The van der Waals surface area contributed by atoms with Gasteiger partial charge in [0.05, 0.1) is 6.61 Å². The lowest BCUT2D eigenvalue weighted by Gasteiger charge is -2.11. The molecule has 0 fully saturated rings. The minimum atomic E-state index is 0. The van der Waals surface area contributed by atoms with E-state index in [2.05, 4.69) is 46.6 Å². The Morgan fingerprint density at radius 1 is 1.12 bits per heavy atom. The van der Waals surface area contributed by atoms with Gasteiger partial charge in [0.1, 0.15) is 5.75 Å². The first-order chi connectivity index (χ1) is 12.3. The molecule has 6 heteroatoms. The SMILES string of the molecule is CCNC(=NCCCOc1ccc(C)cc1)NCCc1ccccn1.I. The van der Waals surface area contributed by atoms with E-state index in [9.17, 15) is 0 Å². The smallest absolute Gasteiger partial charge is 0.191 e. The van der Waals surface area contributed by atoms with Gasteiger partial charge in [-0.3, -0.25) is 9.98 Å². The van der Waals surface area contributed by atoms with Crippen LogP contribution in [-0.2, 0) is 6.42 Å². The van der Waals surface area contributed by atoms with Crippen molar-refractivity contribution in [3.63, 3.8) is 0 Å². The second-order valence-electron chi connectivity index (χ2n) is 5.77. The Labute approximate surface area is 173 Å². The Morgan fingerprint density at radius 3 is 2.62 bits per heavy atom. The zero-order valence-corrected chi connectivity index (χ0v) is 17.9. The Kier molecular flexibility index (Phi) is 11.4. The van der Waals surface area contributed by atoms with E-state index in [4.69, 9.17) is 4.74 Å². The van der Waals surface area contributed by atoms with E-state index in [-0.39, 0.29) is 24.0 Å². The largest absolute Gasteiger partial charge is 0.494 e. The Morgan fingerprint density at radius 2 is 1.92 bits per heavy atom. The topological polar surface area (TPSA) is 58.5 Å². The van der Waals surface area contributed by atoms with Gasteiger partial charge in [0.2, 0.25) is 0 Å². The Hall–Kier alpha value is -1.83. The molecular weight excluding hydrogens is 439 g/mol. The maximum absolute atomic E-state index is 5.72. The molecule has 2 rings (SSSR count). The molecule has 2 N–H and O–H groups in total. The van der Waals surface area contributed by atoms with Crippen molar-refractivity contribution in [1.82, 2.24) is 15.6 Å². The van der Waals surface area contributed by atoms with Crippen LogP contribution in [0.2, 0.25) is 0 Å². The van der Waals surface area contributed by atoms with Gasteiger partial charge in [-0.05, 0) is 38.1 Å². The fourth-order valence-corrected chi connectivity index (χ4v) is 2.28. The van der Waals surface area contributed by atoms with Crippen LogP contribution in [0.4, 0.5) is 0 Å². The fraction of sp³-hybridized carbons (Fsp3) is 0.400. The van der Waals surface area contributed by atoms with Crippen molar-refractivity contribution in [2.75, 3.05) is 26.2 Å². The van der Waals surface area contributed by atoms with E-state index in [1.165, 1.54) is 5.56 Å². The first-order valence-corrected chi connectivity index (χ1v) is 8.89. The summed E-state index contributed by atoms with van der Waals surface area (Å²) in [4.78, 5) is 8.91. The average molecular weight is 468 g/mol. The number of ether oxygens (including phenoxy) is 1. The molecule has 0 saturated carbocycles. The standard InChI is InChI=1S/C20H28N4O.HI/c1-3-21-20(24-15-12-18-7-4-5-13-22-18)23-14-6-16-25-19-10-8-17(2)9-11-19;/h4-5,7-11,13H,3,6,12,14-16H2,1-2H3,(H2,21,23,24);1H. The Balaban J connectivity index is 0.00000338. The van der Waals surface area contributed by atoms with Crippen LogP contribution < -0.4 is 15.4 Å². The number of hydrogen-bond donors (Lipinski definition) is 2. The predicted octanol–water partition coefficient (Wildman–Crippen LogP) is 3.57. The molecule has 1 aromatic carbocycles. The number of aromatic nitrogens is 1. The van der Waals surface area contributed by atoms with Gasteiger partial charge in [0.25, 0.3) is 0 Å². The van der Waals surface area contributed by atoms with Gasteiger partial charge in [0.15, 0.2) is 5.96 Å². The lowest BCUT2D eigenvalue weighted by atomic mass is 10.2. The molecule has 0 aliphatic heterocycles. The van der Waals surface area contributed by atoms with Crippen molar-refractivity contribution in [3.05, 3.63) is 59.9 Å². The number of guanidine groups is 1. The third kappa shape index (κ3) is 9.03. The van der Waals surface area contributed by atoms with Crippen LogP contribution in [0.3, 0.4) is 0 Å². The van der Waals surface area contributed by atoms with E-state index in [0.717, 1.165) is 49.9 Å². The number of rotatable bonds is 9. The summed E-state index contributed by atoms with van der Waals surface area (Å²) >= 11 is 0. The summed E-state index contributed by atoms with van der Waals surface area (Å²) in [5.41, 5.74) is 2.32. The van der Waals surface area contributed by atoms with E-state index < -0.39 is 0 Å². The van der Waals surface area contributed by atoms with Crippen LogP contribution in [0.5, 0.6) is 5.75 Å². The van der Waals surface area contributed by atoms with Gasteiger partial charge in [-0.1, -0.05) is 23.8 Å². The van der Waals surface area contributed by atoms with Crippen LogP contribution in [0.25, 0.3) is 0 Å². The summed E-state index contributed by atoms with van der Waals surface area (Å²) in [5.74, 6) is 1.75. The molecule has 2 aromatic rings. The van der Waals surface area contributed by atoms with Crippen molar-refractivity contribution < 1.29 is 4.74 Å².